The van der Waals surface area contributed by atoms with E-state index in [1.54, 1.807) is 0 Å². The van der Waals surface area contributed by atoms with Gasteiger partial charge in [-0.05, 0) is 44.5 Å². The highest BCUT2D eigenvalue weighted by Gasteiger charge is 2.21. The molecule has 3 rings (SSSR count). The predicted molar refractivity (Wildman–Crippen MR) is 69.3 cm³/mol. The maximum Gasteiger partial charge on any atom is 0.248 e. The summed E-state index contributed by atoms with van der Waals surface area (Å²) in [6, 6.07) is 8.10. The number of piperidine rings is 1. The minimum Gasteiger partial charge on any atom is -0.420 e. The van der Waals surface area contributed by atoms with E-state index in [0.717, 1.165) is 42.9 Å². The second-order valence-corrected chi connectivity index (χ2v) is 4.78. The van der Waals surface area contributed by atoms with Crippen LogP contribution in [0.2, 0.25) is 0 Å². The highest BCUT2D eigenvalue weighted by Crippen LogP contribution is 2.28. The van der Waals surface area contributed by atoms with Crippen LogP contribution in [0.5, 0.6) is 0 Å². The number of hydrogen-bond donors (Lipinski definition) is 1. The lowest BCUT2D eigenvalue weighted by Gasteiger charge is -2.18. The van der Waals surface area contributed by atoms with Gasteiger partial charge in [0.1, 0.15) is 0 Å². The number of hydrogen-bond acceptors (Lipinski definition) is 4. The fraction of sp³-hybridized carbons (Fsp3) is 0.429. The zero-order chi connectivity index (χ0) is 12.4. The first kappa shape index (κ1) is 11.4. The summed E-state index contributed by atoms with van der Waals surface area (Å²) in [5, 5.41) is 11.7. The topological polar surface area (TPSA) is 51.0 Å². The Hall–Kier alpha value is -1.68. The fourth-order valence-electron chi connectivity index (χ4n) is 2.39. The van der Waals surface area contributed by atoms with Crippen molar-refractivity contribution in [2.75, 3.05) is 13.1 Å². The summed E-state index contributed by atoms with van der Waals surface area (Å²) in [4.78, 5) is 0. The van der Waals surface area contributed by atoms with Gasteiger partial charge in [0, 0.05) is 11.5 Å². The fourth-order valence-corrected chi connectivity index (χ4v) is 2.39. The normalized spacial score (nSPS) is 16.9. The number of rotatable bonds is 2. The molecule has 0 unspecified atom stereocenters. The highest BCUT2D eigenvalue weighted by molar-refractivity contribution is 5.57. The quantitative estimate of drug-likeness (QED) is 0.880. The number of aryl methyl sites for hydroxylation is 1. The van der Waals surface area contributed by atoms with Gasteiger partial charge in [-0.3, -0.25) is 0 Å². The van der Waals surface area contributed by atoms with Gasteiger partial charge in [-0.2, -0.15) is 0 Å². The molecule has 1 fully saturated rings. The van der Waals surface area contributed by atoms with E-state index >= 15 is 0 Å². The summed E-state index contributed by atoms with van der Waals surface area (Å²) in [6.45, 7) is 4.13. The Kier molecular flexibility index (Phi) is 3.11. The lowest BCUT2D eigenvalue weighted by molar-refractivity contribution is 0.378. The second-order valence-electron chi connectivity index (χ2n) is 4.78. The molecular weight excluding hydrogens is 226 g/mol. The van der Waals surface area contributed by atoms with Crippen molar-refractivity contribution in [3.63, 3.8) is 0 Å². The molecule has 2 heterocycles. The van der Waals surface area contributed by atoms with Gasteiger partial charge in [-0.25, -0.2) is 0 Å². The Morgan fingerprint density at radius 2 is 1.94 bits per heavy atom. The van der Waals surface area contributed by atoms with E-state index in [-0.39, 0.29) is 0 Å². The first-order valence-electron chi connectivity index (χ1n) is 6.45. The molecule has 0 saturated carbocycles. The van der Waals surface area contributed by atoms with Crippen molar-refractivity contribution in [3.8, 4) is 11.5 Å². The largest absolute Gasteiger partial charge is 0.420 e. The van der Waals surface area contributed by atoms with E-state index in [1.165, 1.54) is 0 Å². The zero-order valence-corrected chi connectivity index (χ0v) is 10.5. The van der Waals surface area contributed by atoms with E-state index in [0.29, 0.717) is 11.8 Å². The number of nitrogens with zero attached hydrogens (tertiary/aromatic N) is 2. The van der Waals surface area contributed by atoms with Crippen LogP contribution in [0.4, 0.5) is 0 Å². The summed E-state index contributed by atoms with van der Waals surface area (Å²) in [5.74, 6) is 1.84. The molecule has 0 amide bonds. The molecule has 1 aliphatic rings. The van der Waals surface area contributed by atoms with Crippen LogP contribution in [0.3, 0.4) is 0 Å². The van der Waals surface area contributed by atoms with Crippen molar-refractivity contribution in [1.82, 2.24) is 15.5 Å². The van der Waals surface area contributed by atoms with Crippen LogP contribution in [0.25, 0.3) is 11.5 Å². The van der Waals surface area contributed by atoms with Gasteiger partial charge in [0.25, 0.3) is 0 Å². The van der Waals surface area contributed by atoms with Gasteiger partial charge in [-0.15, -0.1) is 10.2 Å². The number of benzene rings is 1. The average molecular weight is 243 g/mol. The SMILES string of the molecule is Cc1ccccc1-c1nnc(C2CCNCC2)o1. The van der Waals surface area contributed by atoms with Gasteiger partial charge in [0.15, 0.2) is 0 Å². The molecule has 1 aliphatic heterocycles. The summed E-state index contributed by atoms with van der Waals surface area (Å²) >= 11 is 0. The smallest absolute Gasteiger partial charge is 0.248 e. The average Bonchev–Trinajstić information content (AvgIpc) is 2.90. The molecule has 0 spiro atoms. The van der Waals surface area contributed by atoms with Crippen LogP contribution >= 0.6 is 0 Å². The van der Waals surface area contributed by atoms with Crippen molar-refractivity contribution < 1.29 is 4.42 Å². The first-order chi connectivity index (χ1) is 8.84. The minimum atomic E-state index is 0.413. The zero-order valence-electron chi connectivity index (χ0n) is 10.5. The molecule has 1 N–H and O–H groups in total. The van der Waals surface area contributed by atoms with E-state index in [1.807, 2.05) is 18.2 Å². The molecule has 1 aromatic carbocycles. The van der Waals surface area contributed by atoms with Crippen LogP contribution in [-0.2, 0) is 0 Å². The predicted octanol–water partition coefficient (Wildman–Crippen LogP) is 2.51. The summed E-state index contributed by atoms with van der Waals surface area (Å²) in [6.07, 6.45) is 2.16. The lowest BCUT2D eigenvalue weighted by Crippen LogP contribution is -2.26. The van der Waals surface area contributed by atoms with Gasteiger partial charge >= 0.3 is 0 Å². The third kappa shape index (κ3) is 2.16. The first-order valence-corrected chi connectivity index (χ1v) is 6.45. The van der Waals surface area contributed by atoms with E-state index < -0.39 is 0 Å². The molecule has 1 saturated heterocycles. The third-order valence-corrected chi connectivity index (χ3v) is 3.50. The Bertz CT molecular complexity index is 529. The van der Waals surface area contributed by atoms with E-state index in [2.05, 4.69) is 28.5 Å². The number of aromatic nitrogens is 2. The molecule has 0 bridgehead atoms. The molecule has 4 heteroatoms. The van der Waals surface area contributed by atoms with E-state index in [4.69, 9.17) is 4.42 Å². The molecular formula is C14H17N3O. The van der Waals surface area contributed by atoms with Crippen LogP contribution < -0.4 is 5.32 Å². The maximum absolute atomic E-state index is 5.84. The molecule has 18 heavy (non-hydrogen) atoms. The van der Waals surface area contributed by atoms with Gasteiger partial charge in [0.2, 0.25) is 11.8 Å². The van der Waals surface area contributed by atoms with Crippen molar-refractivity contribution in [1.29, 1.82) is 0 Å². The highest BCUT2D eigenvalue weighted by atomic mass is 16.4. The maximum atomic E-state index is 5.84. The lowest BCUT2D eigenvalue weighted by atomic mass is 9.98. The number of nitrogens with one attached hydrogen (secondary N) is 1. The van der Waals surface area contributed by atoms with Gasteiger partial charge < -0.3 is 9.73 Å². The molecule has 4 nitrogen and oxygen atoms in total. The van der Waals surface area contributed by atoms with Crippen LogP contribution in [-0.4, -0.2) is 23.3 Å². The third-order valence-electron chi connectivity index (χ3n) is 3.50. The molecule has 0 aliphatic carbocycles. The molecule has 94 valence electrons. The summed E-state index contributed by atoms with van der Waals surface area (Å²) in [5.41, 5.74) is 2.20. The molecule has 0 atom stereocenters. The second kappa shape index (κ2) is 4.90. The van der Waals surface area contributed by atoms with Crippen molar-refractivity contribution in [2.45, 2.75) is 25.7 Å². The van der Waals surface area contributed by atoms with E-state index in [9.17, 15) is 0 Å². The summed E-state index contributed by atoms with van der Waals surface area (Å²) in [7, 11) is 0. The van der Waals surface area contributed by atoms with Gasteiger partial charge in [-0.1, -0.05) is 18.2 Å². The Labute approximate surface area is 106 Å². The monoisotopic (exact) mass is 243 g/mol. The van der Waals surface area contributed by atoms with Gasteiger partial charge in [0.05, 0.1) is 0 Å². The van der Waals surface area contributed by atoms with Crippen molar-refractivity contribution in [2.24, 2.45) is 0 Å². The van der Waals surface area contributed by atoms with Crippen molar-refractivity contribution in [3.05, 3.63) is 35.7 Å². The van der Waals surface area contributed by atoms with Crippen LogP contribution in [0.1, 0.15) is 30.2 Å². The molecule has 1 aromatic heterocycles. The van der Waals surface area contributed by atoms with Crippen LogP contribution in [0, 0.1) is 6.92 Å². The molecule has 0 radical (unpaired) electrons. The van der Waals surface area contributed by atoms with Crippen LogP contribution in [0.15, 0.2) is 28.7 Å². The Morgan fingerprint density at radius 3 is 2.72 bits per heavy atom. The van der Waals surface area contributed by atoms with Crippen molar-refractivity contribution >= 4 is 0 Å². The standard InChI is InChI=1S/C14H17N3O/c1-10-4-2-3-5-12(10)14-17-16-13(18-14)11-6-8-15-9-7-11/h2-5,11,15H,6-9H2,1H3. The Balaban J connectivity index is 1.87. The summed E-state index contributed by atoms with van der Waals surface area (Å²) < 4.78 is 5.84. The Morgan fingerprint density at radius 1 is 1.17 bits per heavy atom. The minimum absolute atomic E-state index is 0.413. The molecule has 2 aromatic rings.